The lowest BCUT2D eigenvalue weighted by Gasteiger charge is -2.08. The Hall–Kier alpha value is -2.46. The summed E-state index contributed by atoms with van der Waals surface area (Å²) >= 11 is 4.65. The van der Waals surface area contributed by atoms with Gasteiger partial charge in [0.15, 0.2) is 18.2 Å². The second-order valence-electron chi connectivity index (χ2n) is 5.81. The third-order valence-electron chi connectivity index (χ3n) is 3.50. The predicted octanol–water partition coefficient (Wildman–Crippen LogP) is 3.43. The van der Waals surface area contributed by atoms with E-state index in [1.807, 2.05) is 25.1 Å². The number of nitrogens with one attached hydrogen (secondary N) is 2. The van der Waals surface area contributed by atoms with E-state index < -0.39 is 42.6 Å². The van der Waals surface area contributed by atoms with Crippen molar-refractivity contribution in [2.45, 2.75) is 11.8 Å². The van der Waals surface area contributed by atoms with Crippen molar-refractivity contribution in [1.82, 2.24) is 5.32 Å². The van der Waals surface area contributed by atoms with E-state index in [0.29, 0.717) is 0 Å². The Bertz CT molecular complexity index is 927. The van der Waals surface area contributed by atoms with Crippen molar-refractivity contribution in [3.8, 4) is 0 Å². The van der Waals surface area contributed by atoms with Crippen LogP contribution in [0.25, 0.3) is 0 Å². The minimum Gasteiger partial charge on any atom is -0.455 e. The summed E-state index contributed by atoms with van der Waals surface area (Å²) in [4.78, 5) is 36.1. The number of ether oxygens (including phenoxy) is 1. The quantitative estimate of drug-likeness (QED) is 0.441. The van der Waals surface area contributed by atoms with Crippen LogP contribution in [0.15, 0.2) is 45.8 Å². The van der Waals surface area contributed by atoms with Gasteiger partial charge in [-0.25, -0.2) is 8.78 Å². The van der Waals surface area contributed by atoms with Gasteiger partial charge in [-0.2, -0.15) is 0 Å². The van der Waals surface area contributed by atoms with Crippen molar-refractivity contribution in [2.24, 2.45) is 0 Å². The number of hydrogen-bond donors (Lipinski definition) is 2. The molecule has 6 nitrogen and oxygen atoms in total. The molecule has 29 heavy (non-hydrogen) atoms. The highest BCUT2D eigenvalue weighted by Gasteiger charge is 2.11. The maximum Gasteiger partial charge on any atom is 0.316 e. The van der Waals surface area contributed by atoms with Crippen LogP contribution in [0, 0.1) is 18.6 Å². The van der Waals surface area contributed by atoms with Gasteiger partial charge in [0.25, 0.3) is 5.91 Å². The third-order valence-corrected chi connectivity index (χ3v) is 5.14. The number of esters is 1. The van der Waals surface area contributed by atoms with Gasteiger partial charge in [-0.05, 0) is 42.8 Å². The van der Waals surface area contributed by atoms with Crippen LogP contribution in [0.2, 0.25) is 0 Å². The first-order valence-corrected chi connectivity index (χ1v) is 10.1. The van der Waals surface area contributed by atoms with E-state index in [4.69, 9.17) is 4.74 Å². The number of amides is 2. The lowest BCUT2D eigenvalue weighted by Crippen LogP contribution is -2.35. The van der Waals surface area contributed by atoms with Crippen LogP contribution >= 0.6 is 27.7 Å². The molecule has 0 atom stereocenters. The van der Waals surface area contributed by atoms with Crippen molar-refractivity contribution in [3.05, 3.63) is 58.1 Å². The maximum absolute atomic E-state index is 13.1. The molecule has 0 saturated heterocycles. The molecular weight excluding hydrogens is 470 g/mol. The van der Waals surface area contributed by atoms with E-state index in [9.17, 15) is 23.2 Å². The fourth-order valence-corrected chi connectivity index (χ4v) is 3.39. The van der Waals surface area contributed by atoms with Crippen LogP contribution in [0.5, 0.6) is 0 Å². The number of aryl methyl sites for hydroxylation is 1. The lowest BCUT2D eigenvalue weighted by atomic mass is 10.2. The molecule has 0 unspecified atom stereocenters. The molecule has 10 heteroatoms. The maximum atomic E-state index is 13.1. The van der Waals surface area contributed by atoms with Crippen molar-refractivity contribution < 1.29 is 27.9 Å². The molecule has 0 aliphatic rings. The molecule has 2 amide bonds. The summed E-state index contributed by atoms with van der Waals surface area (Å²) < 4.78 is 31.7. The van der Waals surface area contributed by atoms with E-state index in [0.717, 1.165) is 27.1 Å². The Kier molecular flexibility index (Phi) is 8.59. The van der Waals surface area contributed by atoms with Gasteiger partial charge in [0.1, 0.15) is 0 Å². The van der Waals surface area contributed by atoms with Gasteiger partial charge in [-0.15, -0.1) is 11.8 Å². The highest BCUT2D eigenvalue weighted by molar-refractivity contribution is 9.10. The van der Waals surface area contributed by atoms with Crippen LogP contribution in [-0.4, -0.2) is 36.7 Å². The fourth-order valence-electron chi connectivity index (χ4n) is 2.11. The Morgan fingerprint density at radius 3 is 2.52 bits per heavy atom. The summed E-state index contributed by atoms with van der Waals surface area (Å²) in [7, 11) is 0. The Labute approximate surface area is 178 Å². The summed E-state index contributed by atoms with van der Waals surface area (Å²) in [6, 6.07) is 8.53. The van der Waals surface area contributed by atoms with Crippen molar-refractivity contribution in [3.63, 3.8) is 0 Å². The van der Waals surface area contributed by atoms with Gasteiger partial charge in [0.2, 0.25) is 5.91 Å². The number of hydrogen-bond acceptors (Lipinski definition) is 5. The first-order chi connectivity index (χ1) is 13.7. The summed E-state index contributed by atoms with van der Waals surface area (Å²) in [6.45, 7) is 0.969. The van der Waals surface area contributed by atoms with Gasteiger partial charge in [-0.3, -0.25) is 14.4 Å². The molecule has 0 heterocycles. The second-order valence-corrected chi connectivity index (χ2v) is 7.75. The normalized spacial score (nSPS) is 10.3. The van der Waals surface area contributed by atoms with E-state index in [2.05, 4.69) is 26.6 Å². The molecule has 0 bridgehead atoms. The minimum atomic E-state index is -1.10. The number of carbonyl (C=O) groups excluding carboxylic acids is 3. The van der Waals surface area contributed by atoms with Crippen LogP contribution in [0.3, 0.4) is 0 Å². The molecule has 0 radical (unpaired) electrons. The Morgan fingerprint density at radius 2 is 1.83 bits per heavy atom. The van der Waals surface area contributed by atoms with Gasteiger partial charge in [-0.1, -0.05) is 15.9 Å². The molecule has 0 aromatic heterocycles. The van der Waals surface area contributed by atoms with Crippen LogP contribution in [0.4, 0.5) is 14.5 Å². The van der Waals surface area contributed by atoms with Crippen molar-refractivity contribution >= 4 is 51.2 Å². The standard InChI is InChI=1S/C19H17BrF2N2O4S/c1-11-6-12(20)2-5-16(11)29-10-19(27)28-9-18(26)23-8-17(25)24-13-3-4-14(21)15(22)7-13/h2-7H,8-10H2,1H3,(H,23,26)(H,24,25). The van der Waals surface area contributed by atoms with Crippen LogP contribution in [-0.2, 0) is 19.1 Å². The van der Waals surface area contributed by atoms with E-state index in [1.165, 1.54) is 17.8 Å². The topological polar surface area (TPSA) is 84.5 Å². The third kappa shape index (κ3) is 7.82. The van der Waals surface area contributed by atoms with Gasteiger partial charge in [0, 0.05) is 21.1 Å². The van der Waals surface area contributed by atoms with Crippen LogP contribution in [0.1, 0.15) is 5.56 Å². The zero-order valence-corrected chi connectivity index (χ0v) is 17.7. The summed E-state index contributed by atoms with van der Waals surface area (Å²) in [5, 5.41) is 4.57. The van der Waals surface area contributed by atoms with Crippen molar-refractivity contribution in [1.29, 1.82) is 0 Å². The Balaban J connectivity index is 1.67. The number of halogens is 3. The van der Waals surface area contributed by atoms with Crippen molar-refractivity contribution in [2.75, 3.05) is 24.2 Å². The number of thioether (sulfide) groups is 1. The van der Waals surface area contributed by atoms with Crippen LogP contribution < -0.4 is 10.6 Å². The number of benzene rings is 2. The zero-order chi connectivity index (χ0) is 21.4. The largest absolute Gasteiger partial charge is 0.455 e. The average Bonchev–Trinajstić information content (AvgIpc) is 2.67. The first-order valence-electron chi connectivity index (χ1n) is 8.31. The van der Waals surface area contributed by atoms with Gasteiger partial charge < -0.3 is 15.4 Å². The molecular formula is C19H17BrF2N2O4S. The molecule has 0 aliphatic carbocycles. The first kappa shape index (κ1) is 22.8. The van der Waals surface area contributed by atoms with E-state index in [-0.39, 0.29) is 11.4 Å². The van der Waals surface area contributed by atoms with Gasteiger partial charge in [0.05, 0.1) is 12.3 Å². The highest BCUT2D eigenvalue weighted by Crippen LogP contribution is 2.25. The molecule has 0 saturated carbocycles. The molecule has 154 valence electrons. The summed E-state index contributed by atoms with van der Waals surface area (Å²) in [5.41, 5.74) is 1.05. The predicted molar refractivity (Wildman–Crippen MR) is 109 cm³/mol. The zero-order valence-electron chi connectivity index (χ0n) is 15.3. The smallest absolute Gasteiger partial charge is 0.316 e. The Morgan fingerprint density at radius 1 is 1.07 bits per heavy atom. The molecule has 2 aromatic rings. The fraction of sp³-hybridized carbons (Fsp3) is 0.211. The summed E-state index contributed by atoms with van der Waals surface area (Å²) in [6.07, 6.45) is 0. The van der Waals surface area contributed by atoms with E-state index >= 15 is 0 Å². The van der Waals surface area contributed by atoms with E-state index in [1.54, 1.807) is 0 Å². The molecule has 0 aliphatic heterocycles. The number of carbonyl (C=O) groups is 3. The number of rotatable bonds is 8. The molecule has 0 spiro atoms. The lowest BCUT2D eigenvalue weighted by molar-refractivity contribution is -0.146. The molecule has 2 aromatic carbocycles. The average molecular weight is 487 g/mol. The van der Waals surface area contributed by atoms with Gasteiger partial charge >= 0.3 is 5.97 Å². The molecule has 2 N–H and O–H groups in total. The highest BCUT2D eigenvalue weighted by atomic mass is 79.9. The molecule has 0 fully saturated rings. The minimum absolute atomic E-state index is 0.0341. The number of anilines is 1. The monoisotopic (exact) mass is 486 g/mol. The SMILES string of the molecule is Cc1cc(Br)ccc1SCC(=O)OCC(=O)NCC(=O)Nc1ccc(F)c(F)c1. The summed E-state index contributed by atoms with van der Waals surface area (Å²) in [5.74, 6) is -3.98. The molecule has 2 rings (SSSR count). The second kappa shape index (κ2) is 10.9.